The molecule has 0 radical (unpaired) electrons. The molecule has 1 aliphatic heterocycles. The third kappa shape index (κ3) is 3.77. The fourth-order valence-electron chi connectivity index (χ4n) is 3.86. The number of hydrogen-bond donors (Lipinski definition) is 2. The largest absolute Gasteiger partial charge is 0.503 e. The van der Waals surface area contributed by atoms with Gasteiger partial charge in [-0.15, -0.1) is 0 Å². The van der Waals surface area contributed by atoms with E-state index in [1.54, 1.807) is 12.1 Å². The number of rotatable bonds is 5. The Kier molecular flexibility index (Phi) is 5.63. The Labute approximate surface area is 174 Å². The van der Waals surface area contributed by atoms with Crippen molar-refractivity contribution in [3.05, 3.63) is 45.2 Å². The number of aryl methyl sites for hydroxylation is 1. The van der Waals surface area contributed by atoms with Gasteiger partial charge in [0.15, 0.2) is 5.75 Å². The van der Waals surface area contributed by atoms with Crippen LogP contribution in [0, 0.1) is 0 Å². The predicted molar refractivity (Wildman–Crippen MR) is 116 cm³/mol. The molecule has 0 amide bonds. The number of fused-ring (bicyclic) bond motifs is 1. The lowest BCUT2D eigenvalue weighted by molar-refractivity contribution is 0.149. The molecular weight excluding hydrogens is 390 g/mol. The third-order valence-electron chi connectivity index (χ3n) is 5.65. The summed E-state index contributed by atoms with van der Waals surface area (Å²) in [5, 5.41) is 16.2. The van der Waals surface area contributed by atoms with E-state index < -0.39 is 5.43 Å². The molecule has 0 atom stereocenters. The Morgan fingerprint density at radius 2 is 1.90 bits per heavy atom. The lowest BCUT2D eigenvalue weighted by atomic mass is 10.1. The van der Waals surface area contributed by atoms with Gasteiger partial charge in [-0.3, -0.25) is 9.69 Å². The number of aromatic nitrogens is 3. The number of halogens is 1. The molecule has 29 heavy (non-hydrogen) atoms. The van der Waals surface area contributed by atoms with Gasteiger partial charge in [0.1, 0.15) is 5.65 Å². The van der Waals surface area contributed by atoms with Crippen molar-refractivity contribution >= 4 is 22.6 Å². The van der Waals surface area contributed by atoms with E-state index in [0.717, 1.165) is 32.7 Å². The fraction of sp³-hybridized carbons (Fsp3) is 0.429. The van der Waals surface area contributed by atoms with E-state index in [4.69, 9.17) is 11.6 Å². The summed E-state index contributed by atoms with van der Waals surface area (Å²) < 4.78 is 1.85. The summed E-state index contributed by atoms with van der Waals surface area (Å²) in [5.74, 6) is -0.320. The molecule has 3 aromatic rings. The number of nitrogens with zero attached hydrogens (tertiary/aromatic N) is 4. The molecule has 0 bridgehead atoms. The van der Waals surface area contributed by atoms with Crippen LogP contribution in [0.2, 0.25) is 5.02 Å². The van der Waals surface area contributed by atoms with Crippen molar-refractivity contribution in [2.24, 2.45) is 0 Å². The molecule has 2 aromatic heterocycles. The summed E-state index contributed by atoms with van der Waals surface area (Å²) in [5.41, 5.74) is 1.85. The predicted octanol–water partition coefficient (Wildman–Crippen LogP) is 2.56. The molecule has 8 heteroatoms. The maximum atomic E-state index is 13.0. The number of aromatic amines is 1. The smallest absolute Gasteiger partial charge is 0.235 e. The Bertz CT molecular complexity index is 1080. The molecule has 154 valence electrons. The second-order valence-corrected chi connectivity index (χ2v) is 7.96. The van der Waals surface area contributed by atoms with Gasteiger partial charge in [0.05, 0.1) is 28.3 Å². The lowest BCUT2D eigenvalue weighted by Gasteiger charge is -2.32. The molecule has 0 aliphatic carbocycles. The minimum atomic E-state index is -0.406. The van der Waals surface area contributed by atoms with Crippen molar-refractivity contribution in [2.45, 2.75) is 19.9 Å². The number of aromatic hydroxyl groups is 1. The van der Waals surface area contributed by atoms with Gasteiger partial charge in [0.25, 0.3) is 0 Å². The van der Waals surface area contributed by atoms with E-state index in [1.807, 2.05) is 23.7 Å². The highest BCUT2D eigenvalue weighted by atomic mass is 35.5. The van der Waals surface area contributed by atoms with Crippen LogP contribution in [0.3, 0.4) is 0 Å². The monoisotopic (exact) mass is 415 g/mol. The lowest BCUT2D eigenvalue weighted by Crippen LogP contribution is -2.45. The second-order valence-electron chi connectivity index (χ2n) is 7.55. The molecule has 0 unspecified atom stereocenters. The summed E-state index contributed by atoms with van der Waals surface area (Å²) in [4.78, 5) is 21.0. The number of nitrogens with one attached hydrogen (secondary N) is 1. The van der Waals surface area contributed by atoms with Gasteiger partial charge >= 0.3 is 0 Å². The molecule has 2 N–H and O–H groups in total. The van der Waals surface area contributed by atoms with Gasteiger partial charge in [0.2, 0.25) is 5.43 Å². The zero-order valence-electron chi connectivity index (χ0n) is 16.8. The van der Waals surface area contributed by atoms with Gasteiger partial charge in [-0.2, -0.15) is 5.10 Å². The number of pyridine rings is 1. The number of hydrogen-bond acceptors (Lipinski definition) is 5. The van der Waals surface area contributed by atoms with Crippen molar-refractivity contribution < 1.29 is 5.11 Å². The van der Waals surface area contributed by atoms with E-state index in [-0.39, 0.29) is 5.75 Å². The van der Waals surface area contributed by atoms with E-state index >= 15 is 0 Å². The average molecular weight is 416 g/mol. The first-order chi connectivity index (χ1) is 14.0. The molecule has 4 rings (SSSR count). The normalized spacial score (nSPS) is 16.0. The van der Waals surface area contributed by atoms with Crippen molar-refractivity contribution in [2.75, 3.05) is 39.8 Å². The first-order valence-electron chi connectivity index (χ1n) is 10.00. The van der Waals surface area contributed by atoms with Crippen molar-refractivity contribution in [3.63, 3.8) is 0 Å². The Morgan fingerprint density at radius 3 is 2.59 bits per heavy atom. The zero-order chi connectivity index (χ0) is 20.5. The zero-order valence-corrected chi connectivity index (χ0v) is 17.5. The van der Waals surface area contributed by atoms with E-state index in [9.17, 15) is 9.90 Å². The van der Waals surface area contributed by atoms with Gasteiger partial charge < -0.3 is 15.0 Å². The molecule has 1 aromatic carbocycles. The van der Waals surface area contributed by atoms with Crippen LogP contribution in [0.1, 0.15) is 12.6 Å². The maximum Gasteiger partial charge on any atom is 0.235 e. The molecule has 1 fully saturated rings. The first kappa shape index (κ1) is 19.9. The molecular formula is C21H26ClN5O2. The van der Waals surface area contributed by atoms with Gasteiger partial charge in [-0.1, -0.05) is 36.7 Å². The Hall–Kier alpha value is -2.35. The molecule has 7 nitrogen and oxygen atoms in total. The van der Waals surface area contributed by atoms with Gasteiger partial charge in [-0.05, 0) is 19.5 Å². The van der Waals surface area contributed by atoms with Crippen LogP contribution < -0.4 is 5.43 Å². The minimum Gasteiger partial charge on any atom is -0.503 e. The highest BCUT2D eigenvalue weighted by Crippen LogP contribution is 2.32. The van der Waals surface area contributed by atoms with Crippen LogP contribution in [0.4, 0.5) is 0 Å². The summed E-state index contributed by atoms with van der Waals surface area (Å²) in [6.45, 7) is 7.66. The third-order valence-corrected chi connectivity index (χ3v) is 5.98. The summed E-state index contributed by atoms with van der Waals surface area (Å²) in [6.07, 6.45) is 0.617. The molecule has 0 saturated carbocycles. The van der Waals surface area contributed by atoms with Gasteiger partial charge in [0, 0.05) is 38.3 Å². The van der Waals surface area contributed by atoms with Crippen LogP contribution in [0.25, 0.3) is 22.3 Å². The maximum absolute atomic E-state index is 13.0. The summed E-state index contributed by atoms with van der Waals surface area (Å²) in [7, 11) is 2.14. The first-order valence-corrected chi connectivity index (χ1v) is 10.4. The fourth-order valence-corrected chi connectivity index (χ4v) is 4.09. The number of piperazine rings is 1. The molecule has 0 spiro atoms. The van der Waals surface area contributed by atoms with E-state index in [0.29, 0.717) is 46.0 Å². The van der Waals surface area contributed by atoms with Crippen LogP contribution in [-0.4, -0.2) is 69.4 Å². The quantitative estimate of drug-likeness (QED) is 0.669. The minimum absolute atomic E-state index is 0.320. The van der Waals surface area contributed by atoms with Crippen molar-refractivity contribution in [1.29, 1.82) is 0 Å². The average Bonchev–Trinajstić information content (AvgIpc) is 3.08. The molecule has 1 aliphatic rings. The highest BCUT2D eigenvalue weighted by molar-refractivity contribution is 6.33. The van der Waals surface area contributed by atoms with Crippen LogP contribution in [0.5, 0.6) is 5.75 Å². The van der Waals surface area contributed by atoms with Gasteiger partial charge in [-0.25, -0.2) is 4.68 Å². The second kappa shape index (κ2) is 8.18. The molecule has 1 saturated heterocycles. The van der Waals surface area contributed by atoms with E-state index in [1.165, 1.54) is 0 Å². The van der Waals surface area contributed by atoms with Crippen LogP contribution >= 0.6 is 11.6 Å². The van der Waals surface area contributed by atoms with Crippen molar-refractivity contribution in [1.82, 2.24) is 24.6 Å². The van der Waals surface area contributed by atoms with Crippen LogP contribution in [-0.2, 0) is 13.0 Å². The molecule has 3 heterocycles. The Balaban J connectivity index is 1.75. The van der Waals surface area contributed by atoms with Crippen molar-refractivity contribution in [3.8, 4) is 17.0 Å². The summed E-state index contributed by atoms with van der Waals surface area (Å²) in [6, 6.07) is 7.16. The summed E-state index contributed by atoms with van der Waals surface area (Å²) >= 11 is 6.31. The Morgan fingerprint density at radius 1 is 1.17 bits per heavy atom. The number of benzene rings is 1. The van der Waals surface area contributed by atoms with Crippen LogP contribution in [0.15, 0.2) is 29.1 Å². The standard InChI is InChI=1S/C21H26ClN5O2/c1-3-16-17-19(28)20(29)18(14-6-4-5-7-15(14)22)23-21(17)27(24-16)13-12-26-10-8-25(2)9-11-26/h4-7,29H,3,8-13H2,1-2H3,(H,23,28). The van der Waals surface area contributed by atoms with E-state index in [2.05, 4.69) is 26.9 Å². The topological polar surface area (TPSA) is 77.4 Å². The SMILES string of the molecule is CCc1nn(CCN2CCN(C)CC2)c2[nH]c(-c3ccccc3Cl)c(O)c(=O)c12. The highest BCUT2D eigenvalue weighted by Gasteiger charge is 2.21. The number of H-pyrrole nitrogens is 1. The number of likely N-dealkylation sites (N-methyl/N-ethyl adjacent to an activating group) is 1.